The molecule has 32 heavy (non-hydrogen) atoms. The Bertz CT molecular complexity index is 1170. The summed E-state index contributed by atoms with van der Waals surface area (Å²) in [6.07, 6.45) is 5.58. The quantitative estimate of drug-likeness (QED) is 0.474. The van der Waals surface area contributed by atoms with Gasteiger partial charge in [-0.3, -0.25) is 0 Å². The Morgan fingerprint density at radius 2 is 1.97 bits per heavy atom. The molecule has 7 nitrogen and oxygen atoms in total. The van der Waals surface area contributed by atoms with Crippen molar-refractivity contribution in [2.75, 3.05) is 18.1 Å². The molecule has 2 unspecified atom stereocenters. The third kappa shape index (κ3) is 5.44. The highest BCUT2D eigenvalue weighted by Gasteiger charge is 2.43. The van der Waals surface area contributed by atoms with E-state index in [0.717, 1.165) is 5.56 Å². The first-order valence-electron chi connectivity index (χ1n) is 10.0. The summed E-state index contributed by atoms with van der Waals surface area (Å²) in [5.74, 6) is -1.20. The number of anilines is 1. The van der Waals surface area contributed by atoms with E-state index in [1.165, 1.54) is 12.1 Å². The van der Waals surface area contributed by atoms with E-state index in [4.69, 9.17) is 38.4 Å². The minimum Gasteiger partial charge on any atom is -0.399 e. The van der Waals surface area contributed by atoms with Crippen LogP contribution < -0.4 is 5.73 Å². The molecule has 170 valence electrons. The maximum absolute atomic E-state index is 12.9. The number of nitrogens with zero attached hydrogens (tertiary/aromatic N) is 2. The highest BCUT2D eigenvalue weighted by molar-refractivity contribution is 7.91. The molecule has 1 aromatic heterocycles. The lowest BCUT2D eigenvalue weighted by molar-refractivity contribution is -0.180. The van der Waals surface area contributed by atoms with E-state index in [-0.39, 0.29) is 17.3 Å². The second kappa shape index (κ2) is 9.41. The number of halogens is 2. The number of nitrogens with two attached hydrogens (primary N) is 1. The van der Waals surface area contributed by atoms with E-state index in [1.54, 1.807) is 36.8 Å². The van der Waals surface area contributed by atoms with E-state index in [0.29, 0.717) is 35.1 Å². The van der Waals surface area contributed by atoms with Gasteiger partial charge in [-0.25, -0.2) is 13.4 Å². The van der Waals surface area contributed by atoms with Crippen molar-refractivity contribution in [2.45, 2.75) is 36.2 Å². The molecule has 0 amide bonds. The lowest BCUT2D eigenvalue weighted by Crippen LogP contribution is -2.37. The average Bonchev–Trinajstić information content (AvgIpc) is 3.38. The van der Waals surface area contributed by atoms with Crippen molar-refractivity contribution in [1.82, 2.24) is 9.55 Å². The van der Waals surface area contributed by atoms with Crippen molar-refractivity contribution in [1.29, 1.82) is 0 Å². The Hall–Kier alpha value is -2.10. The number of nitrogen functional groups attached to an aromatic ring is 1. The number of hydrogen-bond acceptors (Lipinski definition) is 6. The molecule has 0 bridgehead atoms. The number of ether oxygens (including phenoxy) is 2. The van der Waals surface area contributed by atoms with E-state index in [9.17, 15) is 8.42 Å². The van der Waals surface area contributed by atoms with Crippen LogP contribution in [0.2, 0.25) is 10.0 Å². The summed E-state index contributed by atoms with van der Waals surface area (Å²) >= 11 is 12.3. The second-order valence-electron chi connectivity index (χ2n) is 7.78. The van der Waals surface area contributed by atoms with E-state index >= 15 is 0 Å². The fraction of sp³-hybridized carbons (Fsp3) is 0.318. The standard InChI is InChI=1S/C22H23Cl2N3O4S/c23-17-2-1-16(21(24)11-17)7-8-22(14-27-10-9-26-15-27)30-12-19(31-22)13-32(28,29)20-5-3-18(25)4-6-20/h1-6,9-11,15,19H,7-8,12-14,25H2. The Morgan fingerprint density at radius 1 is 1.19 bits per heavy atom. The smallest absolute Gasteiger partial charge is 0.187 e. The Morgan fingerprint density at radius 3 is 2.66 bits per heavy atom. The maximum Gasteiger partial charge on any atom is 0.187 e. The first-order chi connectivity index (χ1) is 15.2. The minimum absolute atomic E-state index is 0.164. The predicted molar refractivity (Wildman–Crippen MR) is 123 cm³/mol. The molecule has 2 atom stereocenters. The van der Waals surface area contributed by atoms with Gasteiger partial charge in [0.15, 0.2) is 15.6 Å². The summed E-state index contributed by atoms with van der Waals surface area (Å²) in [7, 11) is -3.57. The van der Waals surface area contributed by atoms with Gasteiger partial charge in [0.25, 0.3) is 0 Å². The normalized spacial score (nSPS) is 21.1. The topological polar surface area (TPSA) is 96.4 Å². The molecule has 3 aromatic rings. The van der Waals surface area contributed by atoms with E-state index < -0.39 is 21.7 Å². The Kier molecular flexibility index (Phi) is 6.78. The molecule has 2 N–H and O–H groups in total. The molecular weight excluding hydrogens is 473 g/mol. The zero-order valence-electron chi connectivity index (χ0n) is 17.2. The molecule has 0 spiro atoms. The van der Waals surface area contributed by atoms with Crippen molar-refractivity contribution < 1.29 is 17.9 Å². The van der Waals surface area contributed by atoms with Crippen LogP contribution in [0, 0.1) is 0 Å². The number of rotatable bonds is 8. The van der Waals surface area contributed by atoms with Crippen LogP contribution in [-0.2, 0) is 32.3 Å². The van der Waals surface area contributed by atoms with Crippen LogP contribution in [0.1, 0.15) is 12.0 Å². The van der Waals surface area contributed by atoms with E-state index in [1.807, 2.05) is 16.8 Å². The highest BCUT2D eigenvalue weighted by Crippen LogP contribution is 2.33. The molecule has 4 rings (SSSR count). The Balaban J connectivity index is 1.50. The SMILES string of the molecule is Nc1ccc(S(=O)(=O)CC2COC(CCc3ccc(Cl)cc3Cl)(Cn3ccnc3)O2)cc1. The summed E-state index contributed by atoms with van der Waals surface area (Å²) in [5.41, 5.74) is 7.08. The zero-order valence-corrected chi connectivity index (χ0v) is 19.5. The predicted octanol–water partition coefficient (Wildman–Crippen LogP) is 3.99. The zero-order chi connectivity index (χ0) is 22.8. The van der Waals surface area contributed by atoms with Gasteiger partial charge in [0, 0.05) is 34.5 Å². The third-order valence-corrected chi connectivity index (χ3v) is 7.72. The second-order valence-corrected chi connectivity index (χ2v) is 10.7. The number of sulfone groups is 1. The van der Waals surface area contributed by atoms with Crippen molar-refractivity contribution in [3.05, 3.63) is 76.8 Å². The monoisotopic (exact) mass is 495 g/mol. The molecule has 1 fully saturated rings. The summed E-state index contributed by atoms with van der Waals surface area (Å²) < 4.78 is 39.9. The maximum atomic E-state index is 12.9. The molecule has 0 aliphatic carbocycles. The largest absolute Gasteiger partial charge is 0.399 e. The third-order valence-electron chi connectivity index (χ3n) is 5.33. The molecule has 0 saturated carbocycles. The molecule has 2 aromatic carbocycles. The van der Waals surface area contributed by atoms with Crippen LogP contribution in [0.3, 0.4) is 0 Å². The average molecular weight is 496 g/mol. The molecule has 1 saturated heterocycles. The van der Waals surface area contributed by atoms with Crippen molar-refractivity contribution in [2.24, 2.45) is 0 Å². The number of aromatic nitrogens is 2. The first kappa shape index (κ1) is 23.1. The lowest BCUT2D eigenvalue weighted by Gasteiger charge is -2.29. The van der Waals surface area contributed by atoms with Crippen LogP contribution in [0.5, 0.6) is 0 Å². The van der Waals surface area contributed by atoms with Gasteiger partial charge in [-0.1, -0.05) is 29.3 Å². The summed E-state index contributed by atoms with van der Waals surface area (Å²) in [6, 6.07) is 11.5. The van der Waals surface area contributed by atoms with Gasteiger partial charge < -0.3 is 19.8 Å². The summed E-state index contributed by atoms with van der Waals surface area (Å²) in [6.45, 7) is 0.536. The van der Waals surface area contributed by atoms with Crippen molar-refractivity contribution >= 4 is 38.7 Å². The van der Waals surface area contributed by atoms with Gasteiger partial charge in [-0.2, -0.15) is 0 Å². The van der Waals surface area contributed by atoms with Crippen LogP contribution in [-0.4, -0.2) is 42.2 Å². The van der Waals surface area contributed by atoms with Crippen molar-refractivity contribution in [3.63, 3.8) is 0 Å². The van der Waals surface area contributed by atoms with Crippen LogP contribution in [0.4, 0.5) is 5.69 Å². The highest BCUT2D eigenvalue weighted by atomic mass is 35.5. The first-order valence-corrected chi connectivity index (χ1v) is 12.5. The molecule has 1 aliphatic heterocycles. The van der Waals surface area contributed by atoms with Gasteiger partial charge in [0.2, 0.25) is 0 Å². The molecule has 1 aliphatic rings. The van der Waals surface area contributed by atoms with Crippen LogP contribution in [0.25, 0.3) is 0 Å². The van der Waals surface area contributed by atoms with E-state index in [2.05, 4.69) is 4.98 Å². The van der Waals surface area contributed by atoms with Gasteiger partial charge in [0.1, 0.15) is 0 Å². The van der Waals surface area contributed by atoms with Gasteiger partial charge >= 0.3 is 0 Å². The summed E-state index contributed by atoms with van der Waals surface area (Å²) in [5, 5.41) is 1.13. The molecular formula is C22H23Cl2N3O4S. The summed E-state index contributed by atoms with van der Waals surface area (Å²) in [4.78, 5) is 4.28. The molecule has 2 heterocycles. The Labute approximate surface area is 197 Å². The number of benzene rings is 2. The van der Waals surface area contributed by atoms with Gasteiger partial charge in [0.05, 0.1) is 36.2 Å². The number of hydrogen-bond donors (Lipinski definition) is 1. The minimum atomic E-state index is -3.57. The van der Waals surface area contributed by atoms with Gasteiger partial charge in [-0.15, -0.1) is 0 Å². The fourth-order valence-corrected chi connectivity index (χ4v) is 5.62. The number of aryl methyl sites for hydroxylation is 1. The molecule has 10 heteroatoms. The number of imidazole rings is 1. The molecule has 0 radical (unpaired) electrons. The lowest BCUT2D eigenvalue weighted by atomic mass is 10.0. The van der Waals surface area contributed by atoms with Gasteiger partial charge in [-0.05, 0) is 48.4 Å². The van der Waals surface area contributed by atoms with Crippen molar-refractivity contribution in [3.8, 4) is 0 Å². The van der Waals surface area contributed by atoms with Crippen LogP contribution in [0.15, 0.2) is 66.1 Å². The van der Waals surface area contributed by atoms with Crippen LogP contribution >= 0.6 is 23.2 Å². The fourth-order valence-electron chi connectivity index (χ4n) is 3.72.